The maximum absolute atomic E-state index is 5.55. The van der Waals surface area contributed by atoms with Crippen molar-refractivity contribution in [1.29, 1.82) is 0 Å². The first-order chi connectivity index (χ1) is 9.42. The van der Waals surface area contributed by atoms with Crippen molar-refractivity contribution < 1.29 is 4.74 Å². The quantitative estimate of drug-likeness (QED) is 0.722. The Morgan fingerprint density at radius 2 is 1.74 bits per heavy atom. The van der Waals surface area contributed by atoms with Crippen LogP contribution in [0.4, 0.5) is 0 Å². The Morgan fingerprint density at radius 3 is 2.42 bits per heavy atom. The van der Waals surface area contributed by atoms with Crippen molar-refractivity contribution in [2.75, 3.05) is 0 Å². The summed E-state index contributed by atoms with van der Waals surface area (Å²) in [5, 5.41) is 2.04. The zero-order chi connectivity index (χ0) is 12.9. The van der Waals surface area contributed by atoms with E-state index in [9.17, 15) is 0 Å². The van der Waals surface area contributed by atoms with Crippen LogP contribution in [0.25, 0.3) is 10.4 Å². The first kappa shape index (κ1) is 11.9. The van der Waals surface area contributed by atoms with Crippen LogP contribution >= 0.6 is 11.3 Å². The van der Waals surface area contributed by atoms with Crippen LogP contribution in [-0.2, 0) is 6.61 Å². The second kappa shape index (κ2) is 5.63. The number of hydrogen-bond donors (Lipinski definition) is 0. The van der Waals surface area contributed by atoms with Gasteiger partial charge in [0.2, 0.25) is 0 Å². The lowest BCUT2D eigenvalue weighted by atomic mass is 10.2. The maximum Gasteiger partial charge on any atom is 0.316 e. The molecule has 0 amide bonds. The Balaban J connectivity index is 1.67. The Morgan fingerprint density at radius 1 is 0.947 bits per heavy atom. The van der Waals surface area contributed by atoms with E-state index >= 15 is 0 Å². The Labute approximate surface area is 115 Å². The number of thiophene rings is 1. The van der Waals surface area contributed by atoms with Gasteiger partial charge in [-0.3, -0.25) is 0 Å². The smallest absolute Gasteiger partial charge is 0.316 e. The van der Waals surface area contributed by atoms with Crippen LogP contribution in [0, 0.1) is 0 Å². The Hall–Kier alpha value is -2.20. The van der Waals surface area contributed by atoms with Gasteiger partial charge in [-0.1, -0.05) is 36.4 Å². The predicted octanol–water partition coefficient (Wildman–Crippen LogP) is 3.78. The summed E-state index contributed by atoms with van der Waals surface area (Å²) in [4.78, 5) is 9.61. The molecule has 94 valence electrons. The molecule has 0 saturated heterocycles. The molecule has 0 radical (unpaired) electrons. The lowest BCUT2D eigenvalue weighted by Crippen LogP contribution is -1.98. The van der Waals surface area contributed by atoms with Crippen molar-refractivity contribution in [2.24, 2.45) is 0 Å². The molecule has 0 unspecified atom stereocenters. The Kier molecular flexibility index (Phi) is 3.51. The molecule has 0 aliphatic rings. The third-order valence-corrected chi connectivity index (χ3v) is 3.56. The molecule has 0 aliphatic heterocycles. The van der Waals surface area contributed by atoms with Crippen LogP contribution in [0.2, 0.25) is 0 Å². The lowest BCUT2D eigenvalue weighted by Gasteiger charge is -2.04. The van der Waals surface area contributed by atoms with E-state index < -0.39 is 0 Å². The molecule has 0 atom stereocenters. The van der Waals surface area contributed by atoms with Gasteiger partial charge in [0.15, 0.2) is 0 Å². The largest absolute Gasteiger partial charge is 0.459 e. The van der Waals surface area contributed by atoms with Gasteiger partial charge in [0.1, 0.15) is 6.61 Å². The number of ether oxygens (including phenoxy) is 1. The topological polar surface area (TPSA) is 35.0 Å². The monoisotopic (exact) mass is 268 g/mol. The molecule has 0 fully saturated rings. The van der Waals surface area contributed by atoms with E-state index in [-0.39, 0.29) is 0 Å². The van der Waals surface area contributed by atoms with E-state index in [2.05, 4.69) is 9.97 Å². The third kappa shape index (κ3) is 2.98. The van der Waals surface area contributed by atoms with E-state index in [1.54, 1.807) is 23.7 Å². The predicted molar refractivity (Wildman–Crippen MR) is 76.1 cm³/mol. The maximum atomic E-state index is 5.55. The molecule has 4 heteroatoms. The number of aromatic nitrogens is 2. The van der Waals surface area contributed by atoms with Crippen molar-refractivity contribution >= 4 is 11.3 Å². The highest BCUT2D eigenvalue weighted by molar-refractivity contribution is 7.13. The van der Waals surface area contributed by atoms with Gasteiger partial charge in [-0.05, 0) is 17.0 Å². The minimum absolute atomic E-state index is 0.407. The van der Waals surface area contributed by atoms with Crippen molar-refractivity contribution in [3.8, 4) is 16.5 Å². The molecule has 0 bridgehead atoms. The number of hydrogen-bond acceptors (Lipinski definition) is 4. The zero-order valence-corrected chi connectivity index (χ0v) is 11.0. The minimum atomic E-state index is 0.407. The molecule has 3 rings (SSSR count). The number of rotatable bonds is 4. The number of benzene rings is 1. The highest BCUT2D eigenvalue weighted by atomic mass is 32.1. The van der Waals surface area contributed by atoms with Crippen molar-refractivity contribution in [2.45, 2.75) is 6.61 Å². The van der Waals surface area contributed by atoms with Gasteiger partial charge in [0.25, 0.3) is 0 Å². The van der Waals surface area contributed by atoms with E-state index in [0.717, 1.165) is 16.0 Å². The second-order valence-electron chi connectivity index (χ2n) is 4.01. The van der Waals surface area contributed by atoms with E-state index in [1.165, 1.54) is 0 Å². The molecule has 0 N–H and O–H groups in total. The molecule has 0 aliphatic carbocycles. The fourth-order valence-corrected chi connectivity index (χ4v) is 2.39. The summed E-state index contributed by atoms with van der Waals surface area (Å²) < 4.78 is 5.55. The Bertz CT molecular complexity index is 621. The highest BCUT2D eigenvalue weighted by Gasteiger charge is 2.02. The van der Waals surface area contributed by atoms with E-state index in [4.69, 9.17) is 4.74 Å². The molecular formula is C15H12N2OS. The minimum Gasteiger partial charge on any atom is -0.459 e. The zero-order valence-electron chi connectivity index (χ0n) is 10.2. The van der Waals surface area contributed by atoms with Crippen LogP contribution in [-0.4, -0.2) is 9.97 Å². The fraction of sp³-hybridized carbons (Fsp3) is 0.0667. The van der Waals surface area contributed by atoms with Crippen molar-refractivity contribution in [3.05, 3.63) is 65.8 Å². The molecule has 0 spiro atoms. The summed E-state index contributed by atoms with van der Waals surface area (Å²) in [5.41, 5.74) is 2.12. The van der Waals surface area contributed by atoms with Crippen LogP contribution in [0.5, 0.6) is 6.01 Å². The van der Waals surface area contributed by atoms with Crippen molar-refractivity contribution in [1.82, 2.24) is 9.97 Å². The SMILES string of the molecule is c1ccc(COc2ncc(-c3cccs3)cn2)cc1. The average Bonchev–Trinajstić information content (AvgIpc) is 3.01. The molecule has 1 aromatic carbocycles. The summed E-state index contributed by atoms with van der Waals surface area (Å²) in [6, 6.07) is 14.5. The first-order valence-corrected chi connectivity index (χ1v) is 6.82. The molecule has 19 heavy (non-hydrogen) atoms. The summed E-state index contributed by atoms with van der Waals surface area (Å²) >= 11 is 1.67. The molecular weight excluding hydrogens is 256 g/mol. The number of nitrogens with zero attached hydrogens (tertiary/aromatic N) is 2. The van der Waals surface area contributed by atoms with Crippen LogP contribution in [0.15, 0.2) is 60.2 Å². The summed E-state index contributed by atoms with van der Waals surface area (Å²) in [6.07, 6.45) is 3.58. The van der Waals surface area contributed by atoms with Gasteiger partial charge in [0, 0.05) is 22.8 Å². The van der Waals surface area contributed by atoms with Gasteiger partial charge in [0.05, 0.1) is 0 Å². The van der Waals surface area contributed by atoms with Gasteiger partial charge in [-0.15, -0.1) is 11.3 Å². The van der Waals surface area contributed by atoms with Crippen LogP contribution in [0.1, 0.15) is 5.56 Å². The van der Waals surface area contributed by atoms with Crippen LogP contribution < -0.4 is 4.74 Å². The van der Waals surface area contributed by atoms with Gasteiger partial charge in [-0.2, -0.15) is 0 Å². The van der Waals surface area contributed by atoms with Gasteiger partial charge in [-0.25, -0.2) is 9.97 Å². The highest BCUT2D eigenvalue weighted by Crippen LogP contribution is 2.23. The summed E-state index contributed by atoms with van der Waals surface area (Å²) in [6.45, 7) is 0.485. The second-order valence-corrected chi connectivity index (χ2v) is 4.95. The summed E-state index contributed by atoms with van der Waals surface area (Å²) in [7, 11) is 0. The average molecular weight is 268 g/mol. The van der Waals surface area contributed by atoms with Gasteiger partial charge < -0.3 is 4.74 Å². The van der Waals surface area contributed by atoms with Gasteiger partial charge >= 0.3 is 6.01 Å². The first-order valence-electron chi connectivity index (χ1n) is 5.94. The fourth-order valence-electron chi connectivity index (χ4n) is 1.68. The standard InChI is InChI=1S/C15H12N2OS/c1-2-5-12(6-3-1)11-18-15-16-9-13(10-17-15)14-7-4-8-19-14/h1-10H,11H2. The molecule has 3 aromatic rings. The molecule has 3 nitrogen and oxygen atoms in total. The molecule has 0 saturated carbocycles. The van der Waals surface area contributed by atoms with Crippen molar-refractivity contribution in [3.63, 3.8) is 0 Å². The molecule has 2 heterocycles. The summed E-state index contributed by atoms with van der Waals surface area (Å²) in [5.74, 6) is 0. The third-order valence-electron chi connectivity index (χ3n) is 2.64. The van der Waals surface area contributed by atoms with E-state index in [0.29, 0.717) is 12.6 Å². The normalized spacial score (nSPS) is 10.3. The van der Waals surface area contributed by atoms with E-state index in [1.807, 2.05) is 47.8 Å². The van der Waals surface area contributed by atoms with Crippen LogP contribution in [0.3, 0.4) is 0 Å². The molecule has 2 aromatic heterocycles. The lowest BCUT2D eigenvalue weighted by molar-refractivity contribution is 0.281.